The first-order valence-corrected chi connectivity index (χ1v) is 5.71. The smallest absolute Gasteiger partial charge is 0.285 e. The van der Waals surface area contributed by atoms with E-state index in [-0.39, 0.29) is 16.3 Å². The summed E-state index contributed by atoms with van der Waals surface area (Å²) < 4.78 is 0. The van der Waals surface area contributed by atoms with Crippen LogP contribution in [0.1, 0.15) is 9.67 Å². The van der Waals surface area contributed by atoms with Crippen LogP contribution in [0.15, 0.2) is 23.1 Å². The Morgan fingerprint density at radius 1 is 1.47 bits per heavy atom. The van der Waals surface area contributed by atoms with Crippen LogP contribution in [0, 0.1) is 34.0 Å². The lowest BCUT2D eigenvalue weighted by Crippen LogP contribution is -2.49. The number of hydrazine groups is 1. The summed E-state index contributed by atoms with van der Waals surface area (Å²) in [6, 6.07) is 4.98. The molecule has 0 spiro atoms. The second-order valence-electron chi connectivity index (χ2n) is 3.46. The van der Waals surface area contributed by atoms with E-state index in [0.29, 0.717) is 0 Å². The minimum Gasteiger partial charge on any atom is -0.383 e. The van der Waals surface area contributed by atoms with Gasteiger partial charge in [-0.05, 0) is 0 Å². The van der Waals surface area contributed by atoms with Gasteiger partial charge in [-0.3, -0.25) is 9.78 Å². The maximum absolute atomic E-state index is 12.1. The molecule has 2 rings (SSSR count). The number of amides is 1. The predicted molar refractivity (Wildman–Crippen MR) is 62.2 cm³/mol. The summed E-state index contributed by atoms with van der Waals surface area (Å²) >= 11 is 1.07. The predicted octanol–water partition coefficient (Wildman–Crippen LogP) is -0.417. The van der Waals surface area contributed by atoms with Crippen molar-refractivity contribution in [1.82, 2.24) is 15.4 Å². The van der Waals surface area contributed by atoms with Gasteiger partial charge in [-0.2, -0.15) is 21.2 Å². The van der Waals surface area contributed by atoms with Crippen LogP contribution in [-0.4, -0.2) is 21.4 Å². The van der Waals surface area contributed by atoms with Gasteiger partial charge < -0.3 is 5.73 Å². The minimum absolute atomic E-state index is 0.260. The number of carbonyl (C=O) groups is 1. The third kappa shape index (κ3) is 1.69. The minimum atomic E-state index is -1.95. The summed E-state index contributed by atoms with van der Waals surface area (Å²) in [6.45, 7) is 0. The van der Waals surface area contributed by atoms with E-state index in [1.807, 2.05) is 0 Å². The summed E-state index contributed by atoms with van der Waals surface area (Å²) in [5.41, 5.74) is 7.22. The number of hydrogen-bond donors (Lipinski definition) is 2. The third-order valence-electron chi connectivity index (χ3n) is 2.44. The highest BCUT2D eigenvalue weighted by Gasteiger charge is 2.48. The van der Waals surface area contributed by atoms with E-state index in [9.17, 15) is 4.79 Å². The summed E-state index contributed by atoms with van der Waals surface area (Å²) in [6.07, 6.45) is 1.33. The zero-order chi connectivity index (χ0) is 14.0. The van der Waals surface area contributed by atoms with Crippen molar-refractivity contribution in [2.24, 2.45) is 5.73 Å². The molecule has 0 fully saturated rings. The summed E-state index contributed by atoms with van der Waals surface area (Å²) in [5.74, 6) is -0.843. The van der Waals surface area contributed by atoms with E-state index >= 15 is 0 Å². The normalized spacial score (nSPS) is 16.6. The van der Waals surface area contributed by atoms with Crippen molar-refractivity contribution < 1.29 is 4.79 Å². The van der Waals surface area contributed by atoms with Gasteiger partial charge in [0.15, 0.2) is 0 Å². The molecule has 9 heteroatoms. The molecule has 0 atom stereocenters. The Balaban J connectivity index is 2.47. The molecule has 2 heterocycles. The van der Waals surface area contributed by atoms with Gasteiger partial charge in [0.25, 0.3) is 5.91 Å². The van der Waals surface area contributed by atoms with Crippen LogP contribution in [0.4, 0.5) is 0 Å². The number of nitriles is 3. The second-order valence-corrected chi connectivity index (χ2v) is 4.35. The Morgan fingerprint density at radius 3 is 2.58 bits per heavy atom. The van der Waals surface area contributed by atoms with Gasteiger partial charge in [-0.25, -0.2) is 5.01 Å². The highest BCUT2D eigenvalue weighted by molar-refractivity contribution is 7.11. The Kier molecular flexibility index (Phi) is 2.89. The average molecular weight is 271 g/mol. The molecule has 0 radical (unpaired) electrons. The Labute approximate surface area is 111 Å². The molecule has 0 bridgehead atoms. The monoisotopic (exact) mass is 271 g/mol. The molecule has 0 saturated heterocycles. The quantitative estimate of drug-likeness (QED) is 0.706. The fraction of sp³-hybridized carbons (Fsp3) is 0.100. The number of carbonyl (C=O) groups excluding carboxylic acids is 1. The van der Waals surface area contributed by atoms with Crippen LogP contribution in [0.3, 0.4) is 0 Å². The van der Waals surface area contributed by atoms with E-state index in [1.54, 1.807) is 18.2 Å². The SMILES string of the molecule is N#CC1=C(N)N(C(=O)c2cncs2)NC1(C#N)C#N. The maximum Gasteiger partial charge on any atom is 0.285 e. The third-order valence-corrected chi connectivity index (χ3v) is 3.21. The van der Waals surface area contributed by atoms with E-state index < -0.39 is 11.4 Å². The average Bonchev–Trinajstić information content (AvgIpc) is 3.04. The molecule has 0 aromatic carbocycles. The first-order valence-electron chi connectivity index (χ1n) is 4.83. The Morgan fingerprint density at radius 2 is 2.16 bits per heavy atom. The highest BCUT2D eigenvalue weighted by Crippen LogP contribution is 2.27. The van der Waals surface area contributed by atoms with Crippen LogP contribution in [0.5, 0.6) is 0 Å². The van der Waals surface area contributed by atoms with E-state index in [4.69, 9.17) is 21.5 Å². The zero-order valence-corrected chi connectivity index (χ0v) is 10.1. The number of aromatic nitrogens is 1. The molecule has 1 aromatic rings. The summed E-state index contributed by atoms with van der Waals surface area (Å²) in [4.78, 5) is 16.1. The second kappa shape index (κ2) is 4.39. The maximum atomic E-state index is 12.1. The number of thiazole rings is 1. The fourth-order valence-electron chi connectivity index (χ4n) is 1.51. The molecule has 1 aliphatic rings. The molecule has 0 saturated carbocycles. The van der Waals surface area contributed by atoms with Gasteiger partial charge in [0.1, 0.15) is 34.5 Å². The molecule has 0 unspecified atom stereocenters. The molecule has 8 nitrogen and oxygen atoms in total. The number of nitrogens with two attached hydrogens (primary N) is 1. The molecule has 1 amide bonds. The lowest BCUT2D eigenvalue weighted by Gasteiger charge is -2.19. The number of rotatable bonds is 1. The van der Waals surface area contributed by atoms with Gasteiger partial charge in [0.05, 0.1) is 11.7 Å². The van der Waals surface area contributed by atoms with Crippen molar-refractivity contribution in [2.75, 3.05) is 0 Å². The standard InChI is InChI=1S/C10H5N7OS/c11-1-6-8(14)17(16-10(6,3-12)4-13)9(18)7-2-15-5-19-7/h2,5,16H,14H2. The van der Waals surface area contributed by atoms with Gasteiger partial charge in [0.2, 0.25) is 5.54 Å². The molecule has 92 valence electrons. The zero-order valence-electron chi connectivity index (χ0n) is 9.28. The van der Waals surface area contributed by atoms with Crippen LogP contribution >= 0.6 is 11.3 Å². The lowest BCUT2D eigenvalue weighted by atomic mass is 9.96. The van der Waals surface area contributed by atoms with E-state index in [0.717, 1.165) is 16.3 Å². The first-order chi connectivity index (χ1) is 9.09. The van der Waals surface area contributed by atoms with Gasteiger partial charge >= 0.3 is 0 Å². The first kappa shape index (κ1) is 12.5. The lowest BCUT2D eigenvalue weighted by molar-refractivity contribution is 0.0740. The fourth-order valence-corrected chi connectivity index (χ4v) is 2.06. The topological polar surface area (TPSA) is 143 Å². The summed E-state index contributed by atoms with van der Waals surface area (Å²) in [5, 5.41) is 27.9. The van der Waals surface area contributed by atoms with Crippen molar-refractivity contribution in [3.8, 4) is 18.2 Å². The highest BCUT2D eigenvalue weighted by atomic mass is 32.1. The van der Waals surface area contributed by atoms with Crippen LogP contribution in [0.2, 0.25) is 0 Å². The van der Waals surface area contributed by atoms with E-state index in [2.05, 4.69) is 10.4 Å². The van der Waals surface area contributed by atoms with Gasteiger partial charge in [-0.1, -0.05) is 0 Å². The van der Waals surface area contributed by atoms with Gasteiger partial charge in [-0.15, -0.1) is 11.3 Å². The molecule has 0 aliphatic carbocycles. The van der Waals surface area contributed by atoms with Gasteiger partial charge in [0, 0.05) is 0 Å². The number of hydrogen-bond acceptors (Lipinski definition) is 8. The molecule has 1 aromatic heterocycles. The number of nitrogens with zero attached hydrogens (tertiary/aromatic N) is 5. The van der Waals surface area contributed by atoms with Crippen molar-refractivity contribution in [3.63, 3.8) is 0 Å². The van der Waals surface area contributed by atoms with Crippen molar-refractivity contribution >= 4 is 17.2 Å². The van der Waals surface area contributed by atoms with Crippen LogP contribution in [0.25, 0.3) is 0 Å². The largest absolute Gasteiger partial charge is 0.383 e. The molecule has 1 aliphatic heterocycles. The molecular formula is C10H5N7OS. The van der Waals surface area contributed by atoms with Crippen molar-refractivity contribution in [3.05, 3.63) is 28.0 Å². The van der Waals surface area contributed by atoms with E-state index in [1.165, 1.54) is 11.7 Å². The van der Waals surface area contributed by atoms with Crippen molar-refractivity contribution in [1.29, 1.82) is 15.8 Å². The number of nitrogens with one attached hydrogen (secondary N) is 1. The Hall–Kier alpha value is -2.93. The molecular weight excluding hydrogens is 266 g/mol. The molecule has 19 heavy (non-hydrogen) atoms. The molecule has 3 N–H and O–H groups in total. The summed E-state index contributed by atoms with van der Waals surface area (Å²) in [7, 11) is 0. The van der Waals surface area contributed by atoms with Crippen LogP contribution < -0.4 is 11.2 Å². The Bertz CT molecular complexity index is 671. The van der Waals surface area contributed by atoms with Crippen molar-refractivity contribution in [2.45, 2.75) is 5.54 Å². The van der Waals surface area contributed by atoms with Crippen LogP contribution in [-0.2, 0) is 0 Å².